The lowest BCUT2D eigenvalue weighted by atomic mass is 9.99. The molecule has 142 valence electrons. The Labute approximate surface area is 158 Å². The third-order valence-corrected chi connectivity index (χ3v) is 4.29. The third-order valence-electron chi connectivity index (χ3n) is 4.29. The second kappa shape index (κ2) is 7.70. The minimum atomic E-state index is -0.350. The molecule has 0 amide bonds. The van der Waals surface area contributed by atoms with Crippen molar-refractivity contribution in [1.29, 1.82) is 0 Å². The summed E-state index contributed by atoms with van der Waals surface area (Å²) in [7, 11) is 3.02. The first-order valence-electron chi connectivity index (χ1n) is 8.70. The van der Waals surface area contributed by atoms with Crippen LogP contribution in [0.25, 0.3) is 11.1 Å². The van der Waals surface area contributed by atoms with Crippen molar-refractivity contribution in [3.63, 3.8) is 0 Å². The zero-order chi connectivity index (χ0) is 19.6. The Morgan fingerprint density at radius 3 is 2.48 bits per heavy atom. The molecule has 0 fully saturated rings. The highest BCUT2D eigenvalue weighted by Crippen LogP contribution is 2.45. The molecule has 3 rings (SSSR count). The second-order valence-corrected chi connectivity index (χ2v) is 6.70. The minimum Gasteiger partial charge on any atom is -0.493 e. The lowest BCUT2D eigenvalue weighted by Gasteiger charge is -2.17. The van der Waals surface area contributed by atoms with Gasteiger partial charge in [-0.1, -0.05) is 19.9 Å². The Hall–Kier alpha value is -3.02. The molecule has 27 heavy (non-hydrogen) atoms. The van der Waals surface area contributed by atoms with Crippen molar-refractivity contribution in [1.82, 2.24) is 0 Å². The van der Waals surface area contributed by atoms with Crippen molar-refractivity contribution in [3.05, 3.63) is 41.5 Å². The number of carbonyl (C=O) groups is 2. The predicted octanol–water partition coefficient (Wildman–Crippen LogP) is 3.99. The number of esters is 2. The smallest absolute Gasteiger partial charge is 0.338 e. The van der Waals surface area contributed by atoms with E-state index in [-0.39, 0.29) is 30.9 Å². The molecule has 0 atom stereocenters. The number of rotatable bonds is 6. The van der Waals surface area contributed by atoms with Crippen molar-refractivity contribution in [2.24, 2.45) is 5.92 Å². The van der Waals surface area contributed by atoms with Crippen LogP contribution in [0.5, 0.6) is 17.2 Å². The summed E-state index contributed by atoms with van der Waals surface area (Å²) < 4.78 is 21.5. The molecule has 1 aliphatic heterocycles. The van der Waals surface area contributed by atoms with Gasteiger partial charge in [0.15, 0.2) is 11.5 Å². The van der Waals surface area contributed by atoms with Gasteiger partial charge in [0.1, 0.15) is 6.61 Å². The van der Waals surface area contributed by atoms with Gasteiger partial charge in [0.25, 0.3) is 0 Å². The van der Waals surface area contributed by atoms with Gasteiger partial charge in [-0.2, -0.15) is 0 Å². The summed E-state index contributed by atoms with van der Waals surface area (Å²) in [6, 6.07) is 8.94. The molecule has 0 radical (unpaired) electrons. The first-order valence-corrected chi connectivity index (χ1v) is 8.70. The zero-order valence-corrected chi connectivity index (χ0v) is 15.8. The molecule has 0 saturated heterocycles. The zero-order valence-electron chi connectivity index (χ0n) is 15.8. The van der Waals surface area contributed by atoms with Crippen LogP contribution in [-0.4, -0.2) is 26.2 Å². The molecular formula is C21H22O6. The van der Waals surface area contributed by atoms with Crippen LogP contribution in [0.3, 0.4) is 0 Å². The Bertz CT molecular complexity index is 884. The van der Waals surface area contributed by atoms with Gasteiger partial charge in [-0.3, -0.25) is 4.79 Å². The Morgan fingerprint density at radius 1 is 1.07 bits per heavy atom. The van der Waals surface area contributed by atoms with Crippen molar-refractivity contribution in [2.45, 2.75) is 26.9 Å². The van der Waals surface area contributed by atoms with Crippen molar-refractivity contribution >= 4 is 11.9 Å². The molecular weight excluding hydrogens is 348 g/mol. The highest BCUT2D eigenvalue weighted by atomic mass is 16.6. The molecule has 6 nitrogen and oxygen atoms in total. The Kier molecular flexibility index (Phi) is 5.35. The number of hydrogen-bond acceptors (Lipinski definition) is 6. The van der Waals surface area contributed by atoms with Crippen LogP contribution in [0.4, 0.5) is 0 Å². The Balaban J connectivity index is 2.09. The normalized spacial score (nSPS) is 12.6. The number of cyclic esters (lactones) is 1. The van der Waals surface area contributed by atoms with Crippen LogP contribution in [0.1, 0.15) is 36.2 Å². The van der Waals surface area contributed by atoms with Gasteiger partial charge in [-0.15, -0.1) is 0 Å². The van der Waals surface area contributed by atoms with E-state index in [9.17, 15) is 9.59 Å². The van der Waals surface area contributed by atoms with Gasteiger partial charge in [-0.05, 0) is 35.7 Å². The maximum absolute atomic E-state index is 12.3. The second-order valence-electron chi connectivity index (χ2n) is 6.70. The monoisotopic (exact) mass is 370 g/mol. The highest BCUT2D eigenvalue weighted by molar-refractivity contribution is 5.94. The minimum absolute atomic E-state index is 0.167. The standard InChI is InChI=1S/C21H22O6/c1-12(2)9-18(22)27-19-15(7-8-17(24-3)20(19)25-4)13-5-6-16-14(10-13)11-26-21(16)23/h5-8,10,12H,9,11H2,1-4H3. The molecule has 6 heteroatoms. The van der Waals surface area contributed by atoms with Crippen LogP contribution in [-0.2, 0) is 16.1 Å². The summed E-state index contributed by atoms with van der Waals surface area (Å²) >= 11 is 0. The molecule has 0 bridgehead atoms. The van der Waals surface area contributed by atoms with Crippen molar-refractivity contribution in [2.75, 3.05) is 14.2 Å². The van der Waals surface area contributed by atoms with E-state index in [0.717, 1.165) is 11.1 Å². The van der Waals surface area contributed by atoms with Gasteiger partial charge in [-0.25, -0.2) is 4.79 Å². The molecule has 2 aromatic rings. The van der Waals surface area contributed by atoms with Crippen LogP contribution in [0.15, 0.2) is 30.3 Å². The van der Waals surface area contributed by atoms with Crippen LogP contribution < -0.4 is 14.2 Å². The predicted molar refractivity (Wildman–Crippen MR) is 99.2 cm³/mol. The molecule has 0 N–H and O–H groups in total. The van der Waals surface area contributed by atoms with Crippen LogP contribution in [0, 0.1) is 5.92 Å². The summed E-state index contributed by atoms with van der Waals surface area (Å²) in [5.41, 5.74) is 2.82. The average molecular weight is 370 g/mol. The van der Waals surface area contributed by atoms with Gasteiger partial charge >= 0.3 is 11.9 Å². The number of fused-ring (bicyclic) bond motifs is 1. The fourth-order valence-corrected chi connectivity index (χ4v) is 3.02. The number of hydrogen-bond donors (Lipinski definition) is 0. The number of ether oxygens (including phenoxy) is 4. The van der Waals surface area contributed by atoms with E-state index in [0.29, 0.717) is 28.4 Å². The summed E-state index contributed by atoms with van der Waals surface area (Å²) in [5, 5.41) is 0. The fraction of sp³-hybridized carbons (Fsp3) is 0.333. The first kappa shape index (κ1) is 18.8. The van der Waals surface area contributed by atoms with Crippen molar-refractivity contribution < 1.29 is 28.5 Å². The van der Waals surface area contributed by atoms with E-state index >= 15 is 0 Å². The molecule has 0 unspecified atom stereocenters. The van der Waals surface area contributed by atoms with Gasteiger partial charge in [0.05, 0.1) is 19.8 Å². The quantitative estimate of drug-likeness (QED) is 0.566. The summed E-state index contributed by atoms with van der Waals surface area (Å²) in [5.74, 6) is 0.603. The van der Waals surface area contributed by atoms with E-state index in [1.807, 2.05) is 19.9 Å². The van der Waals surface area contributed by atoms with E-state index in [1.54, 1.807) is 24.3 Å². The largest absolute Gasteiger partial charge is 0.493 e. The maximum atomic E-state index is 12.3. The lowest BCUT2D eigenvalue weighted by Crippen LogP contribution is -2.12. The van der Waals surface area contributed by atoms with Gasteiger partial charge in [0.2, 0.25) is 5.75 Å². The topological polar surface area (TPSA) is 71.1 Å². The van der Waals surface area contributed by atoms with Crippen molar-refractivity contribution in [3.8, 4) is 28.4 Å². The first-order chi connectivity index (χ1) is 12.9. The molecule has 0 saturated carbocycles. The average Bonchev–Trinajstić information content (AvgIpc) is 3.01. The molecule has 1 heterocycles. The molecule has 0 aliphatic carbocycles. The van der Waals surface area contributed by atoms with Gasteiger partial charge in [0, 0.05) is 17.5 Å². The highest BCUT2D eigenvalue weighted by Gasteiger charge is 2.24. The summed E-state index contributed by atoms with van der Waals surface area (Å²) in [6.07, 6.45) is 0.284. The number of benzene rings is 2. The third kappa shape index (κ3) is 3.74. The van der Waals surface area contributed by atoms with E-state index < -0.39 is 0 Å². The summed E-state index contributed by atoms with van der Waals surface area (Å²) in [6.45, 7) is 4.13. The van der Waals surface area contributed by atoms with E-state index in [2.05, 4.69) is 0 Å². The van der Waals surface area contributed by atoms with Crippen LogP contribution >= 0.6 is 0 Å². The maximum Gasteiger partial charge on any atom is 0.338 e. The molecule has 2 aromatic carbocycles. The lowest BCUT2D eigenvalue weighted by molar-refractivity contribution is -0.135. The van der Waals surface area contributed by atoms with E-state index in [1.165, 1.54) is 14.2 Å². The number of carbonyl (C=O) groups excluding carboxylic acids is 2. The van der Waals surface area contributed by atoms with Crippen LogP contribution in [0.2, 0.25) is 0 Å². The molecule has 0 aromatic heterocycles. The fourth-order valence-electron chi connectivity index (χ4n) is 3.02. The molecule has 0 spiro atoms. The Morgan fingerprint density at radius 2 is 1.81 bits per heavy atom. The summed E-state index contributed by atoms with van der Waals surface area (Å²) in [4.78, 5) is 24.0. The SMILES string of the molecule is COc1ccc(-c2ccc3c(c2)COC3=O)c(OC(=O)CC(C)C)c1OC. The van der Waals surface area contributed by atoms with E-state index in [4.69, 9.17) is 18.9 Å². The number of methoxy groups -OCH3 is 2. The van der Waals surface area contributed by atoms with Gasteiger partial charge < -0.3 is 18.9 Å². The molecule has 1 aliphatic rings.